The highest BCUT2D eigenvalue weighted by Crippen LogP contribution is 2.44. The number of rotatable bonds is 4. The molecule has 4 atom stereocenters. The molecule has 3 aliphatic rings. The molecule has 0 amide bonds. The van der Waals surface area contributed by atoms with Crippen molar-refractivity contribution in [2.45, 2.75) is 76.4 Å². The number of hydrogen-bond donors (Lipinski definition) is 1. The van der Waals surface area contributed by atoms with Crippen molar-refractivity contribution in [1.29, 1.82) is 0 Å². The average Bonchev–Trinajstić information content (AvgIpc) is 2.65. The lowest BCUT2D eigenvalue weighted by molar-refractivity contribution is -0.384. The van der Waals surface area contributed by atoms with Gasteiger partial charge in [-0.05, 0) is 49.5 Å². The van der Waals surface area contributed by atoms with Crippen molar-refractivity contribution < 1.29 is 4.92 Å². The minimum absolute atomic E-state index is 0.168. The summed E-state index contributed by atoms with van der Waals surface area (Å²) < 4.78 is 0. The van der Waals surface area contributed by atoms with E-state index in [4.69, 9.17) is 0 Å². The normalized spacial score (nSPS) is 32.6. The molecule has 0 unspecified atom stereocenters. The van der Waals surface area contributed by atoms with Gasteiger partial charge in [0.05, 0.1) is 4.92 Å². The predicted molar refractivity (Wildman–Crippen MR) is 97.9 cm³/mol. The van der Waals surface area contributed by atoms with Gasteiger partial charge in [-0.1, -0.05) is 37.8 Å². The molecule has 2 aliphatic carbocycles. The minimum atomic E-state index is -0.332. The lowest BCUT2D eigenvalue weighted by Gasteiger charge is -2.53. The molecule has 1 aromatic carbocycles. The van der Waals surface area contributed by atoms with E-state index in [9.17, 15) is 10.1 Å². The van der Waals surface area contributed by atoms with Crippen molar-refractivity contribution in [1.82, 2.24) is 10.4 Å². The number of piperidine rings is 1. The van der Waals surface area contributed by atoms with Gasteiger partial charge in [0, 0.05) is 30.8 Å². The second-order valence-electron chi connectivity index (χ2n) is 8.13. The third-order valence-electron chi connectivity index (χ3n) is 6.67. The Bertz CT molecular complexity index is 581. The molecule has 1 heterocycles. The van der Waals surface area contributed by atoms with E-state index in [0.717, 1.165) is 23.9 Å². The Kier molecular flexibility index (Phi) is 5.04. The van der Waals surface area contributed by atoms with Crippen LogP contribution in [0.25, 0.3) is 0 Å². The molecule has 0 radical (unpaired) electrons. The van der Waals surface area contributed by atoms with Gasteiger partial charge >= 0.3 is 0 Å². The van der Waals surface area contributed by atoms with Gasteiger partial charge in [0.15, 0.2) is 0 Å². The molecule has 3 fully saturated rings. The van der Waals surface area contributed by atoms with Crippen LogP contribution in [0, 0.1) is 22.0 Å². The topological polar surface area (TPSA) is 58.4 Å². The number of nitro benzene ring substituents is 1. The molecule has 5 heteroatoms. The smallest absolute Gasteiger partial charge is 0.258 e. The van der Waals surface area contributed by atoms with Crippen LogP contribution < -0.4 is 5.43 Å². The molecule has 1 saturated heterocycles. The van der Waals surface area contributed by atoms with E-state index in [1.807, 2.05) is 12.1 Å². The number of benzene rings is 1. The Morgan fingerprint density at radius 2 is 1.52 bits per heavy atom. The molecule has 1 aromatic rings. The van der Waals surface area contributed by atoms with Gasteiger partial charge in [0.25, 0.3) is 5.69 Å². The molecule has 4 rings (SSSR count). The molecule has 0 bridgehead atoms. The first-order valence-corrected chi connectivity index (χ1v) is 9.97. The molecular formula is C20H29N3O2. The van der Waals surface area contributed by atoms with Gasteiger partial charge in [0.2, 0.25) is 0 Å². The summed E-state index contributed by atoms with van der Waals surface area (Å²) in [5.41, 5.74) is 5.04. The van der Waals surface area contributed by atoms with Gasteiger partial charge in [0.1, 0.15) is 0 Å². The number of non-ortho nitro benzene ring substituents is 1. The molecule has 1 N–H and O–H groups in total. The largest absolute Gasteiger partial charge is 0.269 e. The number of hydrogen-bond acceptors (Lipinski definition) is 4. The number of fused-ring (bicyclic) bond motifs is 2. The van der Waals surface area contributed by atoms with Crippen LogP contribution in [0.2, 0.25) is 0 Å². The van der Waals surface area contributed by atoms with Gasteiger partial charge in [-0.2, -0.15) is 0 Å². The fraction of sp³-hybridized carbons (Fsp3) is 0.700. The van der Waals surface area contributed by atoms with Crippen LogP contribution in [0.15, 0.2) is 24.3 Å². The number of nitrogens with one attached hydrogen (secondary N) is 1. The molecule has 2 saturated carbocycles. The first kappa shape index (κ1) is 17.0. The highest BCUT2D eigenvalue weighted by atomic mass is 16.6. The maximum Gasteiger partial charge on any atom is 0.269 e. The van der Waals surface area contributed by atoms with Crippen molar-refractivity contribution >= 4 is 5.69 Å². The fourth-order valence-corrected chi connectivity index (χ4v) is 5.45. The van der Waals surface area contributed by atoms with Crippen LogP contribution in [0.5, 0.6) is 0 Å². The second-order valence-corrected chi connectivity index (χ2v) is 8.13. The van der Waals surface area contributed by atoms with Crippen molar-refractivity contribution in [2.75, 3.05) is 0 Å². The number of hydrazine groups is 1. The molecule has 0 spiro atoms. The Morgan fingerprint density at radius 3 is 2.08 bits per heavy atom. The Balaban J connectivity index is 1.46. The summed E-state index contributed by atoms with van der Waals surface area (Å²) in [4.78, 5) is 10.5. The molecule has 1 aliphatic heterocycles. The lowest BCUT2D eigenvalue weighted by Crippen LogP contribution is -2.61. The zero-order chi connectivity index (χ0) is 17.2. The Hall–Kier alpha value is -1.46. The third kappa shape index (κ3) is 3.58. The summed E-state index contributed by atoms with van der Waals surface area (Å²) in [6.07, 6.45) is 12.4. The summed E-state index contributed by atoms with van der Waals surface area (Å²) in [5, 5.41) is 13.4. The molecule has 0 aromatic heterocycles. The summed E-state index contributed by atoms with van der Waals surface area (Å²) in [7, 11) is 0. The average molecular weight is 343 g/mol. The Labute approximate surface area is 149 Å². The highest BCUT2D eigenvalue weighted by molar-refractivity contribution is 5.32. The van der Waals surface area contributed by atoms with Crippen LogP contribution >= 0.6 is 0 Å². The minimum Gasteiger partial charge on any atom is -0.258 e. The van der Waals surface area contributed by atoms with E-state index in [2.05, 4.69) is 10.4 Å². The van der Waals surface area contributed by atoms with Gasteiger partial charge in [-0.15, -0.1) is 0 Å². The van der Waals surface area contributed by atoms with E-state index in [1.54, 1.807) is 12.1 Å². The van der Waals surface area contributed by atoms with Crippen LogP contribution in [0.4, 0.5) is 5.69 Å². The second kappa shape index (κ2) is 7.42. The zero-order valence-electron chi connectivity index (χ0n) is 14.9. The maximum absolute atomic E-state index is 10.8. The van der Waals surface area contributed by atoms with E-state index in [0.29, 0.717) is 12.1 Å². The van der Waals surface area contributed by atoms with Crippen molar-refractivity contribution in [3.8, 4) is 0 Å². The lowest BCUT2D eigenvalue weighted by atomic mass is 9.69. The van der Waals surface area contributed by atoms with Crippen molar-refractivity contribution in [3.63, 3.8) is 0 Å². The standard InChI is InChI=1S/C20H29N3O2/c24-23(25)18-11-9-15(10-12-18)14-21-22-19-7-3-1-5-16(19)13-17-6-2-4-8-20(17)22/h9-12,16-17,19-21H,1-8,13-14H2/t16-,17+,19+,20-. The summed E-state index contributed by atoms with van der Waals surface area (Å²) in [5.74, 6) is 1.72. The fourth-order valence-electron chi connectivity index (χ4n) is 5.45. The molecule has 136 valence electrons. The number of nitrogens with zero attached hydrogens (tertiary/aromatic N) is 2. The number of nitro groups is 1. The maximum atomic E-state index is 10.8. The van der Waals surface area contributed by atoms with Crippen LogP contribution in [-0.4, -0.2) is 22.0 Å². The predicted octanol–water partition coefficient (Wildman–Crippen LogP) is 4.42. The third-order valence-corrected chi connectivity index (χ3v) is 6.67. The van der Waals surface area contributed by atoms with Gasteiger partial charge in [-0.25, -0.2) is 5.01 Å². The van der Waals surface area contributed by atoms with Crippen LogP contribution in [0.1, 0.15) is 63.4 Å². The van der Waals surface area contributed by atoms with E-state index >= 15 is 0 Å². The summed E-state index contributed by atoms with van der Waals surface area (Å²) >= 11 is 0. The van der Waals surface area contributed by atoms with E-state index < -0.39 is 0 Å². The Morgan fingerprint density at radius 1 is 0.960 bits per heavy atom. The van der Waals surface area contributed by atoms with Crippen molar-refractivity contribution in [2.24, 2.45) is 11.8 Å². The van der Waals surface area contributed by atoms with E-state index in [-0.39, 0.29) is 10.6 Å². The zero-order valence-corrected chi connectivity index (χ0v) is 14.9. The van der Waals surface area contributed by atoms with E-state index in [1.165, 1.54) is 57.8 Å². The first-order valence-electron chi connectivity index (χ1n) is 9.97. The van der Waals surface area contributed by atoms with Crippen LogP contribution in [0.3, 0.4) is 0 Å². The summed E-state index contributed by atoms with van der Waals surface area (Å²) in [6, 6.07) is 8.36. The monoisotopic (exact) mass is 343 g/mol. The molecule has 25 heavy (non-hydrogen) atoms. The van der Waals surface area contributed by atoms with Crippen molar-refractivity contribution in [3.05, 3.63) is 39.9 Å². The molecule has 5 nitrogen and oxygen atoms in total. The van der Waals surface area contributed by atoms with Crippen LogP contribution in [-0.2, 0) is 6.54 Å². The SMILES string of the molecule is O=[N+]([O-])c1ccc(CNN2[C@@H]3CCCC[C@H]3C[C@H]3CCCC[C@@H]32)cc1. The highest BCUT2D eigenvalue weighted by Gasteiger charge is 2.44. The first-order chi connectivity index (χ1) is 12.2. The molecular weight excluding hydrogens is 314 g/mol. The van der Waals surface area contributed by atoms with Gasteiger partial charge < -0.3 is 0 Å². The summed E-state index contributed by atoms with van der Waals surface area (Å²) in [6.45, 7) is 0.768. The quantitative estimate of drug-likeness (QED) is 0.649. The van der Waals surface area contributed by atoms with Gasteiger partial charge in [-0.3, -0.25) is 15.5 Å².